The molecule has 1 saturated carbocycles. The predicted octanol–water partition coefficient (Wildman–Crippen LogP) is 4.16. The van der Waals surface area contributed by atoms with Crippen molar-refractivity contribution in [3.63, 3.8) is 0 Å². The Hall–Kier alpha value is -0.870. The van der Waals surface area contributed by atoms with Crippen LogP contribution in [0.5, 0.6) is 0 Å². The van der Waals surface area contributed by atoms with Crippen LogP contribution in [-0.2, 0) is 9.53 Å². The molecule has 0 bridgehead atoms. The molecule has 1 aromatic heterocycles. The molecule has 0 aromatic carbocycles. The molecule has 3 nitrogen and oxygen atoms in total. The molecular weight excluding hydrogens is 282 g/mol. The summed E-state index contributed by atoms with van der Waals surface area (Å²) in [5.74, 6) is 0.782. The van der Waals surface area contributed by atoms with Crippen LogP contribution in [-0.4, -0.2) is 19.1 Å². The van der Waals surface area contributed by atoms with Gasteiger partial charge in [0, 0.05) is 10.9 Å². The van der Waals surface area contributed by atoms with Gasteiger partial charge in [0.15, 0.2) is 0 Å². The number of methoxy groups -OCH3 is 1. The zero-order chi connectivity index (χ0) is 15.2. The van der Waals surface area contributed by atoms with E-state index in [1.807, 2.05) is 0 Å². The third-order valence-electron chi connectivity index (χ3n) is 4.75. The topological polar surface area (TPSA) is 38.3 Å². The molecule has 118 valence electrons. The Kier molecular flexibility index (Phi) is 6.24. The molecule has 1 aliphatic carbocycles. The van der Waals surface area contributed by atoms with Gasteiger partial charge in [0.25, 0.3) is 0 Å². The summed E-state index contributed by atoms with van der Waals surface area (Å²) in [4.78, 5) is 13.5. The fourth-order valence-electron chi connectivity index (χ4n) is 3.23. The monoisotopic (exact) mass is 309 g/mol. The summed E-state index contributed by atoms with van der Waals surface area (Å²) in [6.07, 6.45) is 6.09. The van der Waals surface area contributed by atoms with Crippen LogP contribution in [0.15, 0.2) is 17.5 Å². The van der Waals surface area contributed by atoms with E-state index in [-0.39, 0.29) is 24.0 Å². The van der Waals surface area contributed by atoms with Crippen molar-refractivity contribution >= 4 is 17.3 Å². The molecule has 1 heterocycles. The van der Waals surface area contributed by atoms with Gasteiger partial charge in [-0.2, -0.15) is 0 Å². The van der Waals surface area contributed by atoms with Crippen LogP contribution in [0.1, 0.15) is 56.9 Å². The highest BCUT2D eigenvalue weighted by molar-refractivity contribution is 7.10. The van der Waals surface area contributed by atoms with E-state index in [2.05, 4.69) is 36.7 Å². The van der Waals surface area contributed by atoms with Crippen molar-refractivity contribution in [2.24, 2.45) is 11.8 Å². The van der Waals surface area contributed by atoms with Crippen molar-refractivity contribution in [3.8, 4) is 0 Å². The van der Waals surface area contributed by atoms with Crippen LogP contribution in [0.3, 0.4) is 0 Å². The van der Waals surface area contributed by atoms with Gasteiger partial charge in [0.1, 0.15) is 6.04 Å². The number of ether oxygens (including phenoxy) is 1. The molecule has 3 unspecified atom stereocenters. The van der Waals surface area contributed by atoms with E-state index in [0.717, 1.165) is 6.42 Å². The normalized spacial score (nSPS) is 20.1. The van der Waals surface area contributed by atoms with E-state index >= 15 is 0 Å². The zero-order valence-corrected chi connectivity index (χ0v) is 14.1. The Labute approximate surface area is 132 Å². The minimum Gasteiger partial charge on any atom is -0.468 e. The average molecular weight is 309 g/mol. The lowest BCUT2D eigenvalue weighted by molar-refractivity contribution is -0.145. The molecule has 1 aromatic rings. The fraction of sp³-hybridized carbons (Fsp3) is 0.706. The van der Waals surface area contributed by atoms with Crippen LogP contribution >= 0.6 is 11.3 Å². The van der Waals surface area contributed by atoms with Gasteiger partial charge in [-0.25, -0.2) is 0 Å². The first-order valence-electron chi connectivity index (χ1n) is 8.04. The summed E-state index contributed by atoms with van der Waals surface area (Å²) >= 11 is 1.78. The number of hydrogen-bond acceptors (Lipinski definition) is 4. The van der Waals surface area contributed by atoms with Gasteiger partial charge in [-0.15, -0.1) is 11.3 Å². The number of rotatable bonds is 7. The van der Waals surface area contributed by atoms with Crippen molar-refractivity contribution in [1.29, 1.82) is 0 Å². The number of carbonyl (C=O) groups excluding carboxylic acids is 1. The summed E-state index contributed by atoms with van der Waals surface area (Å²) in [6, 6.07) is 4.35. The van der Waals surface area contributed by atoms with Crippen molar-refractivity contribution in [1.82, 2.24) is 5.32 Å². The molecule has 3 atom stereocenters. The van der Waals surface area contributed by atoms with Crippen LogP contribution in [0.2, 0.25) is 0 Å². The highest BCUT2D eigenvalue weighted by atomic mass is 32.1. The lowest BCUT2D eigenvalue weighted by Crippen LogP contribution is -2.45. The highest BCUT2D eigenvalue weighted by Crippen LogP contribution is 2.38. The number of hydrogen-bond donors (Lipinski definition) is 1. The maximum Gasteiger partial charge on any atom is 0.323 e. The SMILES string of the molecule is CCC(C)C(NC(c1cccs1)C1CCCC1)C(=O)OC. The molecule has 21 heavy (non-hydrogen) atoms. The number of esters is 1. The number of nitrogens with one attached hydrogen (secondary N) is 1. The summed E-state index contributed by atoms with van der Waals surface area (Å²) in [6.45, 7) is 4.24. The first kappa shape index (κ1) is 16.5. The molecule has 2 rings (SSSR count). The first-order valence-corrected chi connectivity index (χ1v) is 8.92. The van der Waals surface area contributed by atoms with E-state index < -0.39 is 0 Å². The van der Waals surface area contributed by atoms with Crippen LogP contribution in [0.4, 0.5) is 0 Å². The molecule has 1 aliphatic rings. The second kappa shape index (κ2) is 7.95. The first-order chi connectivity index (χ1) is 10.2. The molecule has 0 radical (unpaired) electrons. The van der Waals surface area contributed by atoms with E-state index in [1.165, 1.54) is 37.7 Å². The molecule has 1 N–H and O–H groups in total. The van der Waals surface area contributed by atoms with Crippen molar-refractivity contribution < 1.29 is 9.53 Å². The quantitative estimate of drug-likeness (QED) is 0.769. The van der Waals surface area contributed by atoms with Crippen molar-refractivity contribution in [2.45, 2.75) is 58.0 Å². The Balaban J connectivity index is 2.17. The Morgan fingerprint density at radius 1 is 1.48 bits per heavy atom. The van der Waals surface area contributed by atoms with Gasteiger partial charge in [-0.3, -0.25) is 10.1 Å². The molecule has 0 spiro atoms. The average Bonchev–Trinajstić information content (AvgIpc) is 3.20. The minimum absolute atomic E-state index is 0.135. The summed E-state index contributed by atoms with van der Waals surface area (Å²) < 4.78 is 5.02. The second-order valence-corrected chi connectivity index (χ2v) is 7.07. The second-order valence-electron chi connectivity index (χ2n) is 6.09. The van der Waals surface area contributed by atoms with Crippen molar-refractivity contribution in [2.75, 3.05) is 7.11 Å². The number of carbonyl (C=O) groups is 1. The predicted molar refractivity (Wildman–Crippen MR) is 87.4 cm³/mol. The van der Waals surface area contributed by atoms with Crippen molar-refractivity contribution in [3.05, 3.63) is 22.4 Å². The highest BCUT2D eigenvalue weighted by Gasteiger charge is 2.33. The van der Waals surface area contributed by atoms with Gasteiger partial charge in [0.2, 0.25) is 0 Å². The Morgan fingerprint density at radius 2 is 2.19 bits per heavy atom. The van der Waals surface area contributed by atoms with Gasteiger partial charge >= 0.3 is 5.97 Å². The largest absolute Gasteiger partial charge is 0.468 e. The molecule has 4 heteroatoms. The van der Waals surface area contributed by atoms with E-state index in [9.17, 15) is 4.79 Å². The van der Waals surface area contributed by atoms with Gasteiger partial charge in [-0.1, -0.05) is 39.2 Å². The zero-order valence-electron chi connectivity index (χ0n) is 13.3. The number of thiophene rings is 1. The molecule has 0 amide bonds. The third kappa shape index (κ3) is 4.07. The Morgan fingerprint density at radius 3 is 2.71 bits per heavy atom. The van der Waals surface area contributed by atoms with E-state index in [4.69, 9.17) is 4.74 Å². The van der Waals surface area contributed by atoms with Crippen LogP contribution in [0, 0.1) is 11.8 Å². The van der Waals surface area contributed by atoms with E-state index in [1.54, 1.807) is 11.3 Å². The summed E-state index contributed by atoms with van der Waals surface area (Å²) in [7, 11) is 1.48. The molecule has 1 fully saturated rings. The van der Waals surface area contributed by atoms with Gasteiger partial charge in [-0.05, 0) is 36.1 Å². The Bertz CT molecular complexity index is 426. The maximum atomic E-state index is 12.2. The van der Waals surface area contributed by atoms with Crippen LogP contribution < -0.4 is 5.32 Å². The lowest BCUT2D eigenvalue weighted by atomic mass is 9.92. The lowest BCUT2D eigenvalue weighted by Gasteiger charge is -2.30. The summed E-state index contributed by atoms with van der Waals surface area (Å²) in [5, 5.41) is 5.76. The maximum absolute atomic E-state index is 12.2. The third-order valence-corrected chi connectivity index (χ3v) is 5.70. The standard InChI is InChI=1S/C17H27NO2S/c1-4-12(2)15(17(19)20-3)18-16(13-8-5-6-9-13)14-10-7-11-21-14/h7,10-13,15-16,18H,4-6,8-9H2,1-3H3. The van der Waals surface area contributed by atoms with E-state index in [0.29, 0.717) is 5.92 Å². The van der Waals surface area contributed by atoms with Gasteiger partial charge in [0.05, 0.1) is 7.11 Å². The smallest absolute Gasteiger partial charge is 0.323 e. The molecule has 0 aliphatic heterocycles. The van der Waals surface area contributed by atoms with Gasteiger partial charge < -0.3 is 4.74 Å². The minimum atomic E-state index is -0.215. The fourth-order valence-corrected chi connectivity index (χ4v) is 4.11. The summed E-state index contributed by atoms with van der Waals surface area (Å²) in [5.41, 5.74) is 0. The molecule has 0 saturated heterocycles. The molecular formula is C17H27NO2S. The van der Waals surface area contributed by atoms with Crippen LogP contribution in [0.25, 0.3) is 0 Å².